The number of hydrogen-bond acceptors (Lipinski definition) is 2. The molecule has 0 amide bonds. The first-order valence-corrected chi connectivity index (χ1v) is 7.89. The zero-order valence-electron chi connectivity index (χ0n) is 12.0. The van der Waals surface area contributed by atoms with Crippen LogP contribution in [0.5, 0.6) is 0 Å². The first-order chi connectivity index (χ1) is 9.36. The Labute approximate surface area is 117 Å². The normalized spacial score (nSPS) is 25.6. The summed E-state index contributed by atoms with van der Waals surface area (Å²) in [5.74, 6) is 0.860. The molecular weight excluding hydrogens is 232 g/mol. The van der Waals surface area contributed by atoms with E-state index in [1.54, 1.807) is 0 Å². The van der Waals surface area contributed by atoms with E-state index < -0.39 is 0 Å². The molecule has 2 heteroatoms. The maximum Gasteiger partial charge on any atom is 0.0345 e. The van der Waals surface area contributed by atoms with Crippen molar-refractivity contribution in [3.8, 4) is 0 Å². The van der Waals surface area contributed by atoms with E-state index in [9.17, 15) is 0 Å². The van der Waals surface area contributed by atoms with E-state index in [-0.39, 0.29) is 0 Å². The molecule has 3 rings (SSSR count). The highest BCUT2D eigenvalue weighted by Crippen LogP contribution is 2.30. The fourth-order valence-corrected chi connectivity index (χ4v) is 3.31. The Hall–Kier alpha value is -0.860. The molecule has 2 fully saturated rings. The van der Waals surface area contributed by atoms with Gasteiger partial charge >= 0.3 is 0 Å². The van der Waals surface area contributed by atoms with Gasteiger partial charge in [-0.3, -0.25) is 4.90 Å². The van der Waals surface area contributed by atoms with Crippen LogP contribution >= 0.6 is 0 Å². The molecule has 2 nitrogen and oxygen atoms in total. The van der Waals surface area contributed by atoms with Crippen molar-refractivity contribution >= 4 is 0 Å². The molecule has 0 radical (unpaired) electrons. The zero-order valence-corrected chi connectivity index (χ0v) is 12.0. The fraction of sp³-hybridized carbons (Fsp3) is 0.647. The minimum Gasteiger partial charge on any atom is -0.314 e. The molecule has 1 aliphatic carbocycles. The smallest absolute Gasteiger partial charge is 0.0345 e. The summed E-state index contributed by atoms with van der Waals surface area (Å²) < 4.78 is 0. The highest BCUT2D eigenvalue weighted by atomic mass is 15.2. The predicted molar refractivity (Wildman–Crippen MR) is 80.2 cm³/mol. The molecule has 1 N–H and O–H groups in total. The van der Waals surface area contributed by atoms with Crippen LogP contribution in [0.4, 0.5) is 0 Å². The molecule has 1 aromatic carbocycles. The van der Waals surface area contributed by atoms with Gasteiger partial charge in [0.15, 0.2) is 0 Å². The summed E-state index contributed by atoms with van der Waals surface area (Å²) in [6.45, 7) is 6.08. The highest BCUT2D eigenvalue weighted by molar-refractivity contribution is 5.19. The summed E-state index contributed by atoms with van der Waals surface area (Å²) in [4.78, 5) is 2.69. The lowest BCUT2D eigenvalue weighted by molar-refractivity contribution is 0.229. The topological polar surface area (TPSA) is 15.3 Å². The molecule has 1 aliphatic heterocycles. The van der Waals surface area contributed by atoms with Crippen LogP contribution in [0.25, 0.3) is 0 Å². The number of nitrogens with zero attached hydrogens (tertiary/aromatic N) is 1. The Bertz CT molecular complexity index is 386. The number of likely N-dealkylation sites (tertiary alicyclic amines) is 1. The van der Waals surface area contributed by atoms with Crippen LogP contribution in [0.1, 0.15) is 44.2 Å². The SMILES string of the molecule is CCC(c1ccccc1)N1CCC(CNC2CC2)C1. The number of benzene rings is 1. The summed E-state index contributed by atoms with van der Waals surface area (Å²) in [5.41, 5.74) is 1.49. The van der Waals surface area contributed by atoms with Crippen LogP contribution in [-0.4, -0.2) is 30.6 Å². The predicted octanol–water partition coefficient (Wildman–Crippen LogP) is 3.21. The number of rotatable bonds is 6. The second-order valence-corrected chi connectivity index (χ2v) is 6.17. The van der Waals surface area contributed by atoms with E-state index in [2.05, 4.69) is 47.5 Å². The Morgan fingerprint density at radius 3 is 2.68 bits per heavy atom. The van der Waals surface area contributed by atoms with Crippen molar-refractivity contribution in [3.63, 3.8) is 0 Å². The van der Waals surface area contributed by atoms with Gasteiger partial charge in [0.25, 0.3) is 0 Å². The maximum atomic E-state index is 3.69. The molecule has 1 heterocycles. The molecule has 0 bridgehead atoms. The van der Waals surface area contributed by atoms with Crippen molar-refractivity contribution < 1.29 is 0 Å². The van der Waals surface area contributed by atoms with Gasteiger partial charge in [0.1, 0.15) is 0 Å². The number of hydrogen-bond donors (Lipinski definition) is 1. The quantitative estimate of drug-likeness (QED) is 0.843. The second-order valence-electron chi connectivity index (χ2n) is 6.17. The fourth-order valence-electron chi connectivity index (χ4n) is 3.31. The van der Waals surface area contributed by atoms with Crippen molar-refractivity contribution in [2.45, 2.75) is 44.7 Å². The van der Waals surface area contributed by atoms with E-state index in [1.165, 1.54) is 50.9 Å². The van der Waals surface area contributed by atoms with Gasteiger partial charge in [-0.1, -0.05) is 37.3 Å². The first kappa shape index (κ1) is 13.1. The van der Waals surface area contributed by atoms with Gasteiger partial charge < -0.3 is 5.32 Å². The van der Waals surface area contributed by atoms with E-state index in [4.69, 9.17) is 0 Å². The highest BCUT2D eigenvalue weighted by Gasteiger charge is 2.29. The van der Waals surface area contributed by atoms with Crippen molar-refractivity contribution in [1.29, 1.82) is 0 Å². The molecule has 1 saturated heterocycles. The Balaban J connectivity index is 1.55. The maximum absolute atomic E-state index is 3.69. The molecule has 0 aromatic heterocycles. The van der Waals surface area contributed by atoms with Crippen molar-refractivity contribution in [3.05, 3.63) is 35.9 Å². The van der Waals surface area contributed by atoms with Gasteiger partial charge in [0, 0.05) is 18.6 Å². The third-order valence-corrected chi connectivity index (χ3v) is 4.60. The van der Waals surface area contributed by atoms with Gasteiger partial charge in [0.2, 0.25) is 0 Å². The van der Waals surface area contributed by atoms with Gasteiger partial charge in [-0.2, -0.15) is 0 Å². The lowest BCUT2D eigenvalue weighted by atomic mass is 10.0. The third-order valence-electron chi connectivity index (χ3n) is 4.60. The van der Waals surface area contributed by atoms with Crippen LogP contribution in [0, 0.1) is 5.92 Å². The van der Waals surface area contributed by atoms with Gasteiger partial charge in [-0.25, -0.2) is 0 Å². The molecule has 1 saturated carbocycles. The minimum atomic E-state index is 0.618. The molecule has 19 heavy (non-hydrogen) atoms. The lowest BCUT2D eigenvalue weighted by Gasteiger charge is -2.27. The molecule has 0 spiro atoms. The molecule has 2 aliphatic rings. The summed E-state index contributed by atoms with van der Waals surface area (Å²) in [6, 6.07) is 12.5. The Kier molecular flexibility index (Phi) is 4.19. The average molecular weight is 258 g/mol. The second kappa shape index (κ2) is 6.06. The first-order valence-electron chi connectivity index (χ1n) is 7.89. The molecule has 104 valence electrons. The van der Waals surface area contributed by atoms with E-state index >= 15 is 0 Å². The Morgan fingerprint density at radius 1 is 1.21 bits per heavy atom. The summed E-state index contributed by atoms with van der Waals surface area (Å²) in [7, 11) is 0. The number of nitrogens with one attached hydrogen (secondary N) is 1. The third kappa shape index (κ3) is 3.37. The van der Waals surface area contributed by atoms with Crippen molar-refractivity contribution in [2.24, 2.45) is 5.92 Å². The van der Waals surface area contributed by atoms with Gasteiger partial charge in [-0.05, 0) is 50.3 Å². The van der Waals surface area contributed by atoms with Gasteiger partial charge in [-0.15, -0.1) is 0 Å². The van der Waals surface area contributed by atoms with Crippen molar-refractivity contribution in [2.75, 3.05) is 19.6 Å². The van der Waals surface area contributed by atoms with Crippen LogP contribution in [0.3, 0.4) is 0 Å². The van der Waals surface area contributed by atoms with E-state index in [0.29, 0.717) is 6.04 Å². The minimum absolute atomic E-state index is 0.618. The molecule has 1 aromatic rings. The largest absolute Gasteiger partial charge is 0.314 e. The summed E-state index contributed by atoms with van der Waals surface area (Å²) >= 11 is 0. The van der Waals surface area contributed by atoms with Gasteiger partial charge in [0.05, 0.1) is 0 Å². The van der Waals surface area contributed by atoms with E-state index in [1.807, 2.05) is 0 Å². The lowest BCUT2D eigenvalue weighted by Crippen LogP contribution is -2.29. The van der Waals surface area contributed by atoms with Crippen LogP contribution < -0.4 is 5.32 Å². The zero-order chi connectivity index (χ0) is 13.1. The average Bonchev–Trinajstić information content (AvgIpc) is 3.17. The van der Waals surface area contributed by atoms with E-state index in [0.717, 1.165) is 12.0 Å². The molecule has 2 unspecified atom stereocenters. The standard InChI is InChI=1S/C17H26N2/c1-2-17(15-6-4-3-5-7-15)19-11-10-14(13-19)12-18-16-8-9-16/h3-7,14,16-18H,2,8-13H2,1H3. The molecule has 2 atom stereocenters. The van der Waals surface area contributed by atoms with Crippen LogP contribution in [0.2, 0.25) is 0 Å². The summed E-state index contributed by atoms with van der Waals surface area (Å²) in [5, 5.41) is 3.69. The van der Waals surface area contributed by atoms with Crippen molar-refractivity contribution in [1.82, 2.24) is 10.2 Å². The summed E-state index contributed by atoms with van der Waals surface area (Å²) in [6.07, 6.45) is 5.38. The molecular formula is C17H26N2. The van der Waals surface area contributed by atoms with Crippen LogP contribution in [0.15, 0.2) is 30.3 Å². The Morgan fingerprint density at radius 2 is 2.00 bits per heavy atom. The monoisotopic (exact) mass is 258 g/mol. The van der Waals surface area contributed by atoms with Crippen LogP contribution in [-0.2, 0) is 0 Å².